The van der Waals surface area contributed by atoms with Crippen LogP contribution in [0.25, 0.3) is 0 Å². The normalized spacial score (nSPS) is 23.5. The number of hydrogen-bond acceptors (Lipinski definition) is 3. The molecule has 2 aliphatic heterocycles. The zero-order valence-electron chi connectivity index (χ0n) is 9.80. The van der Waals surface area contributed by atoms with E-state index in [4.69, 9.17) is 0 Å². The first kappa shape index (κ1) is 11.8. The smallest absolute Gasteiger partial charge is 0.351 e. The van der Waals surface area contributed by atoms with Crippen molar-refractivity contribution in [3.63, 3.8) is 0 Å². The van der Waals surface area contributed by atoms with Gasteiger partial charge in [-0.1, -0.05) is 0 Å². The Bertz CT molecular complexity index is 458. The Labute approximate surface area is 103 Å². The third-order valence-electron chi connectivity index (χ3n) is 3.64. The third-order valence-corrected chi connectivity index (χ3v) is 3.64. The zero-order chi connectivity index (χ0) is 12.8. The van der Waals surface area contributed by atoms with Crippen LogP contribution in [0.2, 0.25) is 0 Å². The van der Waals surface area contributed by atoms with Crippen LogP contribution < -0.4 is 10.2 Å². The Morgan fingerprint density at radius 2 is 2.22 bits per heavy atom. The molecule has 2 aliphatic rings. The number of pyridine rings is 1. The van der Waals surface area contributed by atoms with Crippen LogP contribution in [0.4, 0.5) is 19.0 Å². The number of aromatic nitrogens is 1. The fraction of sp³-hybridized carbons (Fsp3) is 0.583. The maximum absolute atomic E-state index is 12.6. The van der Waals surface area contributed by atoms with Crippen molar-refractivity contribution in [3.05, 3.63) is 23.4 Å². The summed E-state index contributed by atoms with van der Waals surface area (Å²) in [7, 11) is 0. The van der Waals surface area contributed by atoms with Gasteiger partial charge in [-0.25, -0.2) is 4.98 Å². The zero-order valence-corrected chi connectivity index (χ0v) is 9.80. The van der Waals surface area contributed by atoms with E-state index in [1.165, 1.54) is 6.07 Å². The maximum Gasteiger partial charge on any atom is 0.417 e. The molecule has 0 bridgehead atoms. The van der Waals surface area contributed by atoms with Crippen LogP contribution in [0, 0.1) is 0 Å². The Kier molecular flexibility index (Phi) is 2.69. The molecule has 3 heterocycles. The minimum Gasteiger partial charge on any atom is -0.351 e. The second-order valence-electron chi connectivity index (χ2n) is 4.79. The van der Waals surface area contributed by atoms with E-state index in [0.29, 0.717) is 12.5 Å². The molecule has 3 rings (SSSR count). The van der Waals surface area contributed by atoms with Crippen molar-refractivity contribution in [2.24, 2.45) is 0 Å². The molecule has 1 saturated heterocycles. The first-order valence-electron chi connectivity index (χ1n) is 6.09. The van der Waals surface area contributed by atoms with Gasteiger partial charge in [0.05, 0.1) is 5.56 Å². The van der Waals surface area contributed by atoms with Gasteiger partial charge in [-0.05, 0) is 24.5 Å². The molecule has 0 aromatic carbocycles. The van der Waals surface area contributed by atoms with E-state index in [1.807, 2.05) is 0 Å². The first-order valence-corrected chi connectivity index (χ1v) is 6.09. The second kappa shape index (κ2) is 4.12. The number of piperazine rings is 1. The topological polar surface area (TPSA) is 28.2 Å². The van der Waals surface area contributed by atoms with Gasteiger partial charge >= 0.3 is 6.18 Å². The summed E-state index contributed by atoms with van der Waals surface area (Å²) in [6.45, 7) is 2.57. The summed E-state index contributed by atoms with van der Waals surface area (Å²) >= 11 is 0. The van der Waals surface area contributed by atoms with E-state index in [1.54, 1.807) is 0 Å². The number of hydrogen-bond donors (Lipinski definition) is 1. The number of alkyl halides is 3. The van der Waals surface area contributed by atoms with Gasteiger partial charge in [0.15, 0.2) is 0 Å². The minimum absolute atomic E-state index is 0.371. The molecule has 0 aliphatic carbocycles. The number of fused-ring (bicyclic) bond motifs is 3. The predicted molar refractivity (Wildman–Crippen MR) is 61.6 cm³/mol. The van der Waals surface area contributed by atoms with Gasteiger partial charge < -0.3 is 10.2 Å². The summed E-state index contributed by atoms with van der Waals surface area (Å²) in [6, 6.07) is 1.62. The number of nitrogens with zero attached hydrogens (tertiary/aromatic N) is 2. The van der Waals surface area contributed by atoms with Crippen LogP contribution >= 0.6 is 0 Å². The lowest BCUT2D eigenvalue weighted by molar-refractivity contribution is -0.137. The van der Waals surface area contributed by atoms with E-state index in [-0.39, 0.29) is 0 Å². The average Bonchev–Trinajstić information content (AvgIpc) is 2.37. The van der Waals surface area contributed by atoms with Crippen LogP contribution in [0.15, 0.2) is 12.3 Å². The highest BCUT2D eigenvalue weighted by Gasteiger charge is 2.34. The van der Waals surface area contributed by atoms with Crippen LogP contribution in [-0.4, -0.2) is 30.7 Å². The Balaban J connectivity index is 1.96. The van der Waals surface area contributed by atoms with E-state index in [2.05, 4.69) is 15.2 Å². The van der Waals surface area contributed by atoms with Gasteiger partial charge in [-0.15, -0.1) is 0 Å². The van der Waals surface area contributed by atoms with Gasteiger partial charge in [-0.3, -0.25) is 0 Å². The van der Waals surface area contributed by atoms with Gasteiger partial charge in [0.1, 0.15) is 5.82 Å². The second-order valence-corrected chi connectivity index (χ2v) is 4.79. The van der Waals surface area contributed by atoms with Crippen molar-refractivity contribution in [2.75, 3.05) is 24.5 Å². The van der Waals surface area contributed by atoms with E-state index in [0.717, 1.165) is 43.6 Å². The Morgan fingerprint density at radius 1 is 1.39 bits per heavy atom. The molecule has 1 fully saturated rings. The van der Waals surface area contributed by atoms with Crippen molar-refractivity contribution >= 4 is 5.82 Å². The van der Waals surface area contributed by atoms with Crippen LogP contribution in [0.1, 0.15) is 17.5 Å². The van der Waals surface area contributed by atoms with Gasteiger partial charge in [-0.2, -0.15) is 13.2 Å². The minimum atomic E-state index is -4.30. The highest BCUT2D eigenvalue weighted by molar-refractivity contribution is 5.52. The molecule has 1 N–H and O–H groups in total. The molecule has 0 unspecified atom stereocenters. The molecule has 3 nitrogen and oxygen atoms in total. The summed E-state index contributed by atoms with van der Waals surface area (Å²) < 4.78 is 37.9. The number of anilines is 1. The molecule has 18 heavy (non-hydrogen) atoms. The third kappa shape index (κ3) is 1.94. The van der Waals surface area contributed by atoms with E-state index in [9.17, 15) is 13.2 Å². The SMILES string of the molecule is FC(F)(F)c1cnc2c(c1)CC[C@H]1CNCCN21. The first-order chi connectivity index (χ1) is 8.55. The van der Waals surface area contributed by atoms with Crippen molar-refractivity contribution < 1.29 is 13.2 Å². The summed E-state index contributed by atoms with van der Waals surface area (Å²) in [5.41, 5.74) is 0.0813. The molecule has 0 saturated carbocycles. The molecule has 6 heteroatoms. The molecular formula is C12H14F3N3. The van der Waals surface area contributed by atoms with Gasteiger partial charge in [0, 0.05) is 31.9 Å². The standard InChI is InChI=1S/C12H14F3N3/c13-12(14,15)9-5-8-1-2-10-7-16-3-4-18(10)11(8)17-6-9/h5-6,10,16H,1-4,7H2/t10-/m0/s1. The van der Waals surface area contributed by atoms with E-state index < -0.39 is 11.7 Å². The average molecular weight is 257 g/mol. The van der Waals surface area contributed by atoms with Crippen molar-refractivity contribution in [2.45, 2.75) is 25.1 Å². The maximum atomic E-state index is 12.6. The molecular weight excluding hydrogens is 243 g/mol. The Morgan fingerprint density at radius 3 is 3.00 bits per heavy atom. The van der Waals surface area contributed by atoms with Gasteiger partial charge in [0.2, 0.25) is 0 Å². The van der Waals surface area contributed by atoms with Crippen LogP contribution in [0.5, 0.6) is 0 Å². The quantitative estimate of drug-likeness (QED) is 0.768. The lowest BCUT2D eigenvalue weighted by atomic mass is 9.96. The number of nitrogens with one attached hydrogen (secondary N) is 1. The summed E-state index contributed by atoms with van der Waals surface area (Å²) in [4.78, 5) is 6.18. The molecule has 0 radical (unpaired) electrons. The highest BCUT2D eigenvalue weighted by atomic mass is 19.4. The fourth-order valence-electron chi connectivity index (χ4n) is 2.72. The molecule has 0 spiro atoms. The number of halogens is 3. The number of rotatable bonds is 0. The molecule has 1 aromatic rings. The van der Waals surface area contributed by atoms with E-state index >= 15 is 0 Å². The summed E-state index contributed by atoms with van der Waals surface area (Å²) in [5, 5.41) is 3.30. The largest absolute Gasteiger partial charge is 0.417 e. The van der Waals surface area contributed by atoms with Crippen LogP contribution in [-0.2, 0) is 12.6 Å². The lowest BCUT2D eigenvalue weighted by Gasteiger charge is -2.41. The monoisotopic (exact) mass is 257 g/mol. The Hall–Kier alpha value is -1.30. The van der Waals surface area contributed by atoms with Gasteiger partial charge in [0.25, 0.3) is 0 Å². The van der Waals surface area contributed by atoms with Crippen molar-refractivity contribution in [1.29, 1.82) is 0 Å². The predicted octanol–water partition coefficient (Wildman–Crippen LogP) is 1.82. The highest BCUT2D eigenvalue weighted by Crippen LogP contribution is 2.35. The summed E-state index contributed by atoms with van der Waals surface area (Å²) in [6.07, 6.45) is -1.79. The molecule has 1 atom stereocenters. The lowest BCUT2D eigenvalue weighted by Crippen LogP contribution is -2.53. The number of aryl methyl sites for hydroxylation is 1. The van der Waals surface area contributed by atoms with Crippen molar-refractivity contribution in [1.82, 2.24) is 10.3 Å². The molecule has 0 amide bonds. The van der Waals surface area contributed by atoms with Crippen LogP contribution in [0.3, 0.4) is 0 Å². The summed E-state index contributed by atoms with van der Waals surface area (Å²) in [5.74, 6) is 0.737. The molecule has 1 aromatic heterocycles. The van der Waals surface area contributed by atoms with Crippen molar-refractivity contribution in [3.8, 4) is 0 Å². The fourth-order valence-corrected chi connectivity index (χ4v) is 2.72. The molecule has 98 valence electrons.